The summed E-state index contributed by atoms with van der Waals surface area (Å²) in [6, 6.07) is 7.77. The molecule has 0 saturated heterocycles. The fourth-order valence-corrected chi connectivity index (χ4v) is 2.30. The van der Waals surface area contributed by atoms with Crippen molar-refractivity contribution in [2.75, 3.05) is 0 Å². The molecule has 0 aliphatic rings. The lowest BCUT2D eigenvalue weighted by molar-refractivity contribution is 0.0949. The molecule has 0 atom stereocenters. The minimum atomic E-state index is -0.504. The van der Waals surface area contributed by atoms with Gasteiger partial charge in [0.25, 0.3) is 11.5 Å². The van der Waals surface area contributed by atoms with Crippen LogP contribution in [0.4, 0.5) is 4.39 Å². The number of hydrogen-bond donors (Lipinski definition) is 2. The van der Waals surface area contributed by atoms with Crippen molar-refractivity contribution in [1.29, 1.82) is 0 Å². The highest BCUT2D eigenvalue weighted by Crippen LogP contribution is 2.15. The molecule has 0 bridgehead atoms. The molecule has 0 aliphatic heterocycles. The van der Waals surface area contributed by atoms with Crippen molar-refractivity contribution >= 4 is 5.91 Å². The largest absolute Gasteiger partial charge is 0.348 e. The highest BCUT2D eigenvalue weighted by molar-refractivity contribution is 5.93. The molecule has 2 N–H and O–H groups in total. The van der Waals surface area contributed by atoms with Gasteiger partial charge in [-0.2, -0.15) is 0 Å². The van der Waals surface area contributed by atoms with Crippen LogP contribution in [0.5, 0.6) is 0 Å². The number of hydrogen-bond acceptors (Lipinski definition) is 3. The van der Waals surface area contributed by atoms with Gasteiger partial charge in [0.1, 0.15) is 11.4 Å². The fourth-order valence-electron chi connectivity index (χ4n) is 2.30. The Hall–Kier alpha value is -3.22. The zero-order valence-electron chi connectivity index (χ0n) is 12.9. The van der Waals surface area contributed by atoms with E-state index in [0.717, 1.165) is 0 Å². The first kappa shape index (κ1) is 15.7. The molecule has 6 nitrogen and oxygen atoms in total. The summed E-state index contributed by atoms with van der Waals surface area (Å²) < 4.78 is 15.7. The molecule has 1 amide bonds. The summed E-state index contributed by atoms with van der Waals surface area (Å²) in [6.07, 6.45) is 4.71. The fraction of sp³-hybridized carbons (Fsp3) is 0.118. The third-order valence-electron chi connectivity index (χ3n) is 3.55. The average molecular weight is 326 g/mol. The Bertz CT molecular complexity index is 932. The first-order valence-corrected chi connectivity index (χ1v) is 7.29. The Kier molecular flexibility index (Phi) is 4.24. The van der Waals surface area contributed by atoms with Crippen molar-refractivity contribution in [3.63, 3.8) is 0 Å². The molecule has 0 aliphatic carbocycles. The maximum absolute atomic E-state index is 14.2. The van der Waals surface area contributed by atoms with Crippen LogP contribution in [0.25, 0.3) is 5.69 Å². The predicted molar refractivity (Wildman–Crippen MR) is 86.5 cm³/mol. The van der Waals surface area contributed by atoms with Crippen LogP contribution in [-0.2, 0) is 6.54 Å². The smallest absolute Gasteiger partial charge is 0.260 e. The lowest BCUT2D eigenvalue weighted by atomic mass is 10.2. The van der Waals surface area contributed by atoms with Gasteiger partial charge in [-0.3, -0.25) is 9.59 Å². The van der Waals surface area contributed by atoms with Crippen LogP contribution in [0.15, 0.2) is 53.8 Å². The van der Waals surface area contributed by atoms with E-state index in [1.54, 1.807) is 42.1 Å². The molecule has 24 heavy (non-hydrogen) atoms. The summed E-state index contributed by atoms with van der Waals surface area (Å²) in [5, 5.41) is 2.61. The van der Waals surface area contributed by atoms with Gasteiger partial charge in [-0.15, -0.1) is 0 Å². The van der Waals surface area contributed by atoms with Crippen molar-refractivity contribution in [1.82, 2.24) is 19.9 Å². The van der Waals surface area contributed by atoms with E-state index in [-0.39, 0.29) is 12.1 Å². The molecule has 0 radical (unpaired) electrons. The van der Waals surface area contributed by atoms with Gasteiger partial charge in [0, 0.05) is 24.6 Å². The second-order valence-electron chi connectivity index (χ2n) is 5.32. The van der Waals surface area contributed by atoms with Gasteiger partial charge in [0.15, 0.2) is 0 Å². The number of imidazole rings is 1. The Morgan fingerprint density at radius 1 is 1.33 bits per heavy atom. The van der Waals surface area contributed by atoms with E-state index in [2.05, 4.69) is 15.3 Å². The molecule has 3 rings (SSSR count). The highest BCUT2D eigenvalue weighted by atomic mass is 19.1. The van der Waals surface area contributed by atoms with E-state index in [1.807, 2.05) is 0 Å². The molecule has 0 fully saturated rings. The molecule has 0 saturated carbocycles. The number of nitrogens with zero attached hydrogens (tertiary/aromatic N) is 2. The Balaban J connectivity index is 1.72. The van der Waals surface area contributed by atoms with Gasteiger partial charge in [0.05, 0.1) is 12.0 Å². The number of carbonyl (C=O) groups is 1. The first-order chi connectivity index (χ1) is 11.5. The summed E-state index contributed by atoms with van der Waals surface area (Å²) in [4.78, 5) is 30.2. The van der Waals surface area contributed by atoms with Crippen LogP contribution in [-0.4, -0.2) is 20.4 Å². The number of benzene rings is 1. The van der Waals surface area contributed by atoms with Gasteiger partial charge in [-0.1, -0.05) is 6.07 Å². The predicted octanol–water partition coefficient (Wildman–Crippen LogP) is 1.94. The van der Waals surface area contributed by atoms with E-state index in [0.29, 0.717) is 16.9 Å². The number of aryl methyl sites for hydroxylation is 1. The number of aromatic amines is 1. The molecule has 0 unspecified atom stereocenters. The standard InChI is InChI=1S/C17H15FN4O2/c1-11-2-4-13(17(24)21-11)16(23)20-9-12-3-5-15(14(18)8-12)22-7-6-19-10-22/h2-8,10H,9H2,1H3,(H,20,23)(H,21,24). The molecule has 2 heterocycles. The van der Waals surface area contributed by atoms with Crippen LogP contribution in [0.1, 0.15) is 21.6 Å². The number of pyridine rings is 1. The highest BCUT2D eigenvalue weighted by Gasteiger charge is 2.11. The number of H-pyrrole nitrogens is 1. The van der Waals surface area contributed by atoms with Gasteiger partial charge >= 0.3 is 0 Å². The second-order valence-corrected chi connectivity index (χ2v) is 5.32. The topological polar surface area (TPSA) is 79.8 Å². The maximum Gasteiger partial charge on any atom is 0.260 e. The van der Waals surface area contributed by atoms with E-state index < -0.39 is 17.3 Å². The van der Waals surface area contributed by atoms with Crippen LogP contribution in [0, 0.1) is 12.7 Å². The molecule has 2 aromatic heterocycles. The Morgan fingerprint density at radius 2 is 2.17 bits per heavy atom. The van der Waals surface area contributed by atoms with Crippen molar-refractivity contribution in [3.05, 3.63) is 82.0 Å². The number of amides is 1. The zero-order chi connectivity index (χ0) is 17.1. The van der Waals surface area contributed by atoms with Crippen molar-refractivity contribution in [2.45, 2.75) is 13.5 Å². The van der Waals surface area contributed by atoms with Crippen LogP contribution >= 0.6 is 0 Å². The average Bonchev–Trinajstić information content (AvgIpc) is 3.07. The SMILES string of the molecule is Cc1ccc(C(=O)NCc2ccc(-n3ccnc3)c(F)c2)c(=O)[nH]1. The summed E-state index contributed by atoms with van der Waals surface area (Å²) in [5.74, 6) is -0.928. The van der Waals surface area contributed by atoms with Gasteiger partial charge in [-0.25, -0.2) is 9.37 Å². The summed E-state index contributed by atoms with van der Waals surface area (Å²) in [7, 11) is 0. The minimum Gasteiger partial charge on any atom is -0.348 e. The number of halogens is 1. The van der Waals surface area contributed by atoms with Gasteiger partial charge in [-0.05, 0) is 36.8 Å². The number of rotatable bonds is 4. The lowest BCUT2D eigenvalue weighted by Gasteiger charge is -2.08. The quantitative estimate of drug-likeness (QED) is 0.769. The van der Waals surface area contributed by atoms with E-state index in [4.69, 9.17) is 0 Å². The van der Waals surface area contributed by atoms with E-state index in [1.165, 1.54) is 18.5 Å². The molecule has 0 spiro atoms. The first-order valence-electron chi connectivity index (χ1n) is 7.29. The van der Waals surface area contributed by atoms with Crippen molar-refractivity contribution < 1.29 is 9.18 Å². The molecule has 7 heteroatoms. The van der Waals surface area contributed by atoms with Crippen molar-refractivity contribution in [2.24, 2.45) is 0 Å². The molecule has 3 aromatic rings. The summed E-state index contributed by atoms with van der Waals surface area (Å²) in [6.45, 7) is 1.85. The number of aromatic nitrogens is 3. The van der Waals surface area contributed by atoms with E-state index in [9.17, 15) is 14.0 Å². The van der Waals surface area contributed by atoms with Crippen LogP contribution in [0.3, 0.4) is 0 Å². The van der Waals surface area contributed by atoms with Crippen LogP contribution in [0.2, 0.25) is 0 Å². The Labute approximate surface area is 137 Å². The van der Waals surface area contributed by atoms with E-state index >= 15 is 0 Å². The lowest BCUT2D eigenvalue weighted by Crippen LogP contribution is -2.29. The normalized spacial score (nSPS) is 10.6. The van der Waals surface area contributed by atoms with Gasteiger partial charge in [0.2, 0.25) is 0 Å². The van der Waals surface area contributed by atoms with Gasteiger partial charge < -0.3 is 14.9 Å². The molecule has 122 valence electrons. The second kappa shape index (κ2) is 6.49. The van der Waals surface area contributed by atoms with Crippen LogP contribution < -0.4 is 10.9 Å². The summed E-state index contributed by atoms with van der Waals surface area (Å²) >= 11 is 0. The number of carbonyl (C=O) groups excluding carboxylic acids is 1. The van der Waals surface area contributed by atoms with Crippen molar-refractivity contribution in [3.8, 4) is 5.69 Å². The monoisotopic (exact) mass is 326 g/mol. The Morgan fingerprint density at radius 3 is 2.83 bits per heavy atom. The zero-order valence-corrected chi connectivity index (χ0v) is 12.9. The maximum atomic E-state index is 14.2. The minimum absolute atomic E-state index is 0.0242. The third-order valence-corrected chi connectivity index (χ3v) is 3.55. The molecular weight excluding hydrogens is 311 g/mol. The number of nitrogens with one attached hydrogen (secondary N) is 2. The molecule has 1 aromatic carbocycles. The molecular formula is C17H15FN4O2. The third kappa shape index (κ3) is 3.24. The summed E-state index contributed by atoms with van der Waals surface area (Å²) in [5.41, 5.74) is 1.21.